The van der Waals surface area contributed by atoms with Gasteiger partial charge in [-0.25, -0.2) is 4.98 Å². The van der Waals surface area contributed by atoms with Crippen molar-refractivity contribution >= 4 is 5.95 Å². The normalized spacial score (nSPS) is 19.1. The van der Waals surface area contributed by atoms with Gasteiger partial charge in [0.15, 0.2) is 0 Å². The number of aromatic nitrogens is 2. The third-order valence-corrected chi connectivity index (χ3v) is 3.55. The zero-order valence-corrected chi connectivity index (χ0v) is 10.6. The van der Waals surface area contributed by atoms with Crippen LogP contribution >= 0.6 is 0 Å². The van der Waals surface area contributed by atoms with Crippen molar-refractivity contribution in [3.8, 4) is 5.69 Å². The smallest absolute Gasteiger partial charge is 0.210 e. The Morgan fingerprint density at radius 3 is 2.89 bits per heavy atom. The van der Waals surface area contributed by atoms with Crippen molar-refractivity contribution in [3.05, 3.63) is 42.7 Å². The van der Waals surface area contributed by atoms with E-state index in [-0.39, 0.29) is 0 Å². The Labute approximate surface area is 107 Å². The van der Waals surface area contributed by atoms with Gasteiger partial charge in [0.05, 0.1) is 0 Å². The molecule has 1 atom stereocenters. The number of imidazole rings is 1. The molecule has 2 heterocycles. The summed E-state index contributed by atoms with van der Waals surface area (Å²) in [7, 11) is 2.12. The van der Waals surface area contributed by atoms with E-state index in [1.807, 2.05) is 18.5 Å². The molecule has 1 N–H and O–H groups in total. The van der Waals surface area contributed by atoms with E-state index in [1.54, 1.807) is 0 Å². The minimum absolute atomic E-state index is 0.537. The molecular formula is C14H18N4. The highest BCUT2D eigenvalue weighted by atomic mass is 15.3. The van der Waals surface area contributed by atoms with E-state index in [4.69, 9.17) is 0 Å². The molecule has 0 aliphatic carbocycles. The first-order valence-corrected chi connectivity index (χ1v) is 6.38. The number of para-hydroxylation sites is 1. The van der Waals surface area contributed by atoms with Crippen molar-refractivity contribution in [1.29, 1.82) is 0 Å². The van der Waals surface area contributed by atoms with Crippen LogP contribution in [0.1, 0.15) is 6.42 Å². The topological polar surface area (TPSA) is 33.1 Å². The summed E-state index contributed by atoms with van der Waals surface area (Å²) in [4.78, 5) is 6.77. The van der Waals surface area contributed by atoms with E-state index >= 15 is 0 Å². The van der Waals surface area contributed by atoms with Crippen LogP contribution < -0.4 is 10.2 Å². The minimum Gasteiger partial charge on any atom is -0.341 e. The van der Waals surface area contributed by atoms with Crippen LogP contribution in [0.25, 0.3) is 5.69 Å². The van der Waals surface area contributed by atoms with Crippen molar-refractivity contribution in [2.45, 2.75) is 12.5 Å². The van der Waals surface area contributed by atoms with Crippen LogP contribution in [-0.4, -0.2) is 35.7 Å². The predicted octanol–water partition coefficient (Wildman–Crippen LogP) is 1.67. The summed E-state index contributed by atoms with van der Waals surface area (Å²) in [5.41, 5.74) is 1.16. The van der Waals surface area contributed by atoms with Gasteiger partial charge in [-0.1, -0.05) is 18.2 Å². The molecule has 0 spiro atoms. The van der Waals surface area contributed by atoms with E-state index in [0.29, 0.717) is 6.04 Å². The largest absolute Gasteiger partial charge is 0.341 e. The van der Waals surface area contributed by atoms with E-state index in [1.165, 1.54) is 6.42 Å². The second kappa shape index (κ2) is 4.82. The molecule has 1 fully saturated rings. The zero-order chi connectivity index (χ0) is 12.4. The van der Waals surface area contributed by atoms with Crippen molar-refractivity contribution < 1.29 is 0 Å². The number of benzene rings is 1. The fourth-order valence-corrected chi connectivity index (χ4v) is 2.48. The fraction of sp³-hybridized carbons (Fsp3) is 0.357. The Bertz CT molecular complexity index is 500. The highest BCUT2D eigenvalue weighted by molar-refractivity contribution is 5.43. The van der Waals surface area contributed by atoms with Gasteiger partial charge in [0.1, 0.15) is 0 Å². The number of rotatable bonds is 3. The first kappa shape index (κ1) is 11.3. The van der Waals surface area contributed by atoms with E-state index in [2.05, 4.69) is 51.1 Å². The van der Waals surface area contributed by atoms with Crippen molar-refractivity contribution in [3.63, 3.8) is 0 Å². The molecule has 2 aromatic rings. The van der Waals surface area contributed by atoms with Gasteiger partial charge in [0.25, 0.3) is 0 Å². The first-order chi connectivity index (χ1) is 8.86. The molecule has 0 saturated carbocycles. The van der Waals surface area contributed by atoms with Crippen LogP contribution in [0.2, 0.25) is 0 Å². The molecule has 1 aliphatic rings. The maximum Gasteiger partial charge on any atom is 0.210 e. The molecule has 1 aromatic heterocycles. The van der Waals surface area contributed by atoms with E-state index in [9.17, 15) is 0 Å². The second-order valence-corrected chi connectivity index (χ2v) is 4.69. The number of hydrogen-bond donors (Lipinski definition) is 1. The molecule has 0 radical (unpaired) electrons. The summed E-state index contributed by atoms with van der Waals surface area (Å²) in [6, 6.07) is 10.9. The van der Waals surface area contributed by atoms with Gasteiger partial charge < -0.3 is 10.2 Å². The summed E-state index contributed by atoms with van der Waals surface area (Å²) in [5.74, 6) is 1.01. The average molecular weight is 242 g/mol. The minimum atomic E-state index is 0.537. The second-order valence-electron chi connectivity index (χ2n) is 4.69. The lowest BCUT2D eigenvalue weighted by molar-refractivity contribution is 0.664. The van der Waals surface area contributed by atoms with Crippen LogP contribution in [-0.2, 0) is 0 Å². The van der Waals surface area contributed by atoms with Crippen molar-refractivity contribution in [2.75, 3.05) is 25.0 Å². The Kier molecular flexibility index (Phi) is 3.02. The van der Waals surface area contributed by atoms with Crippen LogP contribution in [0.15, 0.2) is 42.7 Å². The maximum absolute atomic E-state index is 4.50. The molecule has 1 saturated heterocycles. The number of nitrogens with zero attached hydrogens (tertiary/aromatic N) is 3. The SMILES string of the molecule is CN(c1nccn1-c1ccccc1)C1CCNC1. The summed E-state index contributed by atoms with van der Waals surface area (Å²) in [5, 5.41) is 3.40. The molecule has 0 amide bonds. The van der Waals surface area contributed by atoms with Gasteiger partial charge in [-0.05, 0) is 25.1 Å². The van der Waals surface area contributed by atoms with E-state index < -0.39 is 0 Å². The molecule has 1 aromatic carbocycles. The maximum atomic E-state index is 4.50. The molecule has 0 bridgehead atoms. The van der Waals surface area contributed by atoms with Crippen LogP contribution in [0.4, 0.5) is 5.95 Å². The molecule has 3 rings (SSSR count). The third-order valence-electron chi connectivity index (χ3n) is 3.55. The molecule has 94 valence electrons. The van der Waals surface area contributed by atoms with Crippen molar-refractivity contribution in [1.82, 2.24) is 14.9 Å². The molecule has 18 heavy (non-hydrogen) atoms. The monoisotopic (exact) mass is 242 g/mol. The predicted molar refractivity (Wildman–Crippen MR) is 73.2 cm³/mol. The lowest BCUT2D eigenvalue weighted by Gasteiger charge is -2.25. The number of hydrogen-bond acceptors (Lipinski definition) is 3. The summed E-state index contributed by atoms with van der Waals surface area (Å²) >= 11 is 0. The Hall–Kier alpha value is -1.81. The third kappa shape index (κ3) is 1.99. The summed E-state index contributed by atoms with van der Waals surface area (Å²) in [6.45, 7) is 2.14. The summed E-state index contributed by atoms with van der Waals surface area (Å²) in [6.07, 6.45) is 5.06. The van der Waals surface area contributed by atoms with Gasteiger partial charge >= 0.3 is 0 Å². The van der Waals surface area contributed by atoms with Gasteiger partial charge in [0, 0.05) is 37.7 Å². The average Bonchev–Trinajstić information content (AvgIpc) is 3.10. The molecular weight excluding hydrogens is 224 g/mol. The zero-order valence-electron chi connectivity index (χ0n) is 10.6. The molecule has 1 unspecified atom stereocenters. The Balaban J connectivity index is 1.91. The first-order valence-electron chi connectivity index (χ1n) is 6.38. The Morgan fingerprint density at radius 2 is 2.17 bits per heavy atom. The quantitative estimate of drug-likeness (QED) is 0.889. The highest BCUT2D eigenvalue weighted by Gasteiger charge is 2.22. The number of nitrogens with one attached hydrogen (secondary N) is 1. The van der Waals surface area contributed by atoms with Gasteiger partial charge in [-0.3, -0.25) is 4.57 Å². The van der Waals surface area contributed by atoms with Crippen LogP contribution in [0, 0.1) is 0 Å². The lowest BCUT2D eigenvalue weighted by Crippen LogP contribution is -2.35. The standard InChI is InChI=1S/C14H18N4/c1-17(13-7-8-15-11-13)14-16-9-10-18(14)12-5-3-2-4-6-12/h2-6,9-10,13,15H,7-8,11H2,1H3. The van der Waals surface area contributed by atoms with Crippen LogP contribution in [0.3, 0.4) is 0 Å². The van der Waals surface area contributed by atoms with Gasteiger partial charge in [-0.15, -0.1) is 0 Å². The van der Waals surface area contributed by atoms with E-state index in [0.717, 1.165) is 24.7 Å². The van der Waals surface area contributed by atoms with Gasteiger partial charge in [0.2, 0.25) is 5.95 Å². The molecule has 4 heteroatoms. The lowest BCUT2D eigenvalue weighted by atomic mass is 10.2. The number of likely N-dealkylation sites (N-methyl/N-ethyl adjacent to an activating group) is 1. The molecule has 4 nitrogen and oxygen atoms in total. The van der Waals surface area contributed by atoms with Crippen LogP contribution in [0.5, 0.6) is 0 Å². The number of anilines is 1. The Morgan fingerprint density at radius 1 is 1.33 bits per heavy atom. The highest BCUT2D eigenvalue weighted by Crippen LogP contribution is 2.20. The fourth-order valence-electron chi connectivity index (χ4n) is 2.48. The molecule has 1 aliphatic heterocycles. The van der Waals surface area contributed by atoms with Gasteiger partial charge in [-0.2, -0.15) is 0 Å². The summed E-state index contributed by atoms with van der Waals surface area (Å²) < 4.78 is 2.14. The van der Waals surface area contributed by atoms with Crippen molar-refractivity contribution in [2.24, 2.45) is 0 Å².